The van der Waals surface area contributed by atoms with E-state index in [4.69, 9.17) is 9.47 Å². The number of benzene rings is 1. The number of thioether (sulfide) groups is 1. The van der Waals surface area contributed by atoms with Crippen LogP contribution in [0.3, 0.4) is 0 Å². The fraction of sp³-hybridized carbons (Fsp3) is 0.556. The van der Waals surface area contributed by atoms with Gasteiger partial charge in [-0.3, -0.25) is 4.79 Å². The maximum atomic E-state index is 12.5. The Balaban J connectivity index is 2.11. The lowest BCUT2D eigenvalue weighted by Gasteiger charge is -2.24. The molecule has 0 radical (unpaired) electrons. The van der Waals surface area contributed by atoms with Crippen molar-refractivity contribution in [3.05, 3.63) is 23.8 Å². The molecule has 1 atom stereocenters. The maximum absolute atomic E-state index is 12.5. The van der Waals surface area contributed by atoms with E-state index in [1.807, 2.05) is 0 Å². The van der Waals surface area contributed by atoms with E-state index >= 15 is 0 Å². The summed E-state index contributed by atoms with van der Waals surface area (Å²) in [6.45, 7) is 4.81. The summed E-state index contributed by atoms with van der Waals surface area (Å²) in [4.78, 5) is 24.1. The summed E-state index contributed by atoms with van der Waals surface area (Å²) in [5.41, 5.74) is -0.841. The predicted octanol–water partition coefficient (Wildman–Crippen LogP) is 2.81. The average molecular weight is 367 g/mol. The van der Waals surface area contributed by atoms with Crippen molar-refractivity contribution in [2.24, 2.45) is 5.92 Å². The Morgan fingerprint density at radius 2 is 2.12 bits per heavy atom. The van der Waals surface area contributed by atoms with Gasteiger partial charge in [-0.2, -0.15) is 11.8 Å². The largest absolute Gasteiger partial charge is 0.493 e. The van der Waals surface area contributed by atoms with E-state index < -0.39 is 17.4 Å². The molecule has 1 amide bonds. The quantitative estimate of drug-likeness (QED) is 0.735. The molecule has 0 aromatic heterocycles. The van der Waals surface area contributed by atoms with Crippen LogP contribution in [0.4, 0.5) is 0 Å². The summed E-state index contributed by atoms with van der Waals surface area (Å²) in [7, 11) is 1.51. The second kappa shape index (κ2) is 8.47. The number of nitrogens with one attached hydrogen (secondary N) is 1. The summed E-state index contributed by atoms with van der Waals surface area (Å²) >= 11 is 1.53. The number of carboxylic acid groups (broad SMARTS) is 1. The highest BCUT2D eigenvalue weighted by atomic mass is 32.2. The van der Waals surface area contributed by atoms with Crippen LogP contribution in [0.2, 0.25) is 0 Å². The summed E-state index contributed by atoms with van der Waals surface area (Å²) in [5.74, 6) is 1.25. The van der Waals surface area contributed by atoms with Crippen molar-refractivity contribution in [1.29, 1.82) is 0 Å². The summed E-state index contributed by atoms with van der Waals surface area (Å²) in [6, 6.07) is 4.89. The highest BCUT2D eigenvalue weighted by molar-refractivity contribution is 7.99. The molecule has 1 heterocycles. The molecule has 2 rings (SSSR count). The molecule has 1 aliphatic rings. The van der Waals surface area contributed by atoms with Crippen LogP contribution in [0, 0.1) is 5.92 Å². The minimum Gasteiger partial charge on any atom is -0.493 e. The first kappa shape index (κ1) is 19.4. The Labute approximate surface area is 152 Å². The van der Waals surface area contributed by atoms with Crippen molar-refractivity contribution >= 4 is 23.6 Å². The third-order valence-corrected chi connectivity index (χ3v) is 5.35. The Bertz CT molecular complexity index is 626. The predicted molar refractivity (Wildman–Crippen MR) is 97.7 cm³/mol. The molecule has 1 fully saturated rings. The molecular weight excluding hydrogens is 342 g/mol. The van der Waals surface area contributed by atoms with Crippen molar-refractivity contribution in [1.82, 2.24) is 5.32 Å². The number of methoxy groups -OCH3 is 1. The minimum atomic E-state index is -1.19. The van der Waals surface area contributed by atoms with Gasteiger partial charge >= 0.3 is 5.97 Å². The van der Waals surface area contributed by atoms with Gasteiger partial charge in [0.25, 0.3) is 5.91 Å². The van der Waals surface area contributed by atoms with Crippen LogP contribution < -0.4 is 14.8 Å². The van der Waals surface area contributed by atoms with E-state index in [0.717, 1.165) is 12.2 Å². The molecule has 6 nitrogen and oxygen atoms in total. The van der Waals surface area contributed by atoms with Crippen molar-refractivity contribution in [2.75, 3.05) is 25.2 Å². The molecule has 0 saturated carbocycles. The van der Waals surface area contributed by atoms with Crippen LogP contribution in [0.15, 0.2) is 18.2 Å². The van der Waals surface area contributed by atoms with Crippen molar-refractivity contribution in [3.63, 3.8) is 0 Å². The molecule has 1 aromatic carbocycles. The van der Waals surface area contributed by atoms with E-state index in [1.54, 1.807) is 18.2 Å². The molecular formula is C18H25NO5S. The molecule has 138 valence electrons. The topological polar surface area (TPSA) is 84.9 Å². The molecule has 1 unspecified atom stereocenters. The zero-order valence-electron chi connectivity index (χ0n) is 14.8. The molecule has 1 saturated heterocycles. The Hall–Kier alpha value is -1.89. The number of rotatable bonds is 8. The lowest BCUT2D eigenvalue weighted by Crippen LogP contribution is -2.54. The number of aliphatic carboxylic acids is 1. The van der Waals surface area contributed by atoms with E-state index in [1.165, 1.54) is 18.9 Å². The van der Waals surface area contributed by atoms with E-state index in [0.29, 0.717) is 41.8 Å². The van der Waals surface area contributed by atoms with Gasteiger partial charge in [0.1, 0.15) is 5.54 Å². The molecule has 1 aliphatic heterocycles. The third kappa shape index (κ3) is 4.81. The van der Waals surface area contributed by atoms with Crippen molar-refractivity contribution < 1.29 is 24.2 Å². The second-order valence-electron chi connectivity index (χ2n) is 6.54. The first-order valence-corrected chi connectivity index (χ1v) is 9.48. The Kier molecular flexibility index (Phi) is 6.58. The SMILES string of the molecule is COc1cc(C(=O)NC2(C(=O)O)CCSC2)ccc1OCCC(C)C. The van der Waals surface area contributed by atoms with Gasteiger partial charge in [0.05, 0.1) is 13.7 Å². The van der Waals surface area contributed by atoms with Gasteiger partial charge in [0, 0.05) is 11.3 Å². The monoisotopic (exact) mass is 367 g/mol. The van der Waals surface area contributed by atoms with Crippen LogP contribution in [0.25, 0.3) is 0 Å². The lowest BCUT2D eigenvalue weighted by atomic mass is 9.98. The van der Waals surface area contributed by atoms with E-state index in [-0.39, 0.29) is 0 Å². The maximum Gasteiger partial charge on any atom is 0.330 e. The fourth-order valence-electron chi connectivity index (χ4n) is 2.51. The molecule has 25 heavy (non-hydrogen) atoms. The first-order chi connectivity index (χ1) is 11.9. The van der Waals surface area contributed by atoms with Crippen molar-refractivity contribution in [3.8, 4) is 11.5 Å². The van der Waals surface area contributed by atoms with Gasteiger partial charge in [-0.25, -0.2) is 4.79 Å². The molecule has 7 heteroatoms. The fourth-order valence-corrected chi connectivity index (χ4v) is 3.83. The number of carboxylic acids is 1. The number of carbonyl (C=O) groups excluding carboxylic acids is 1. The Morgan fingerprint density at radius 3 is 2.68 bits per heavy atom. The van der Waals surface area contributed by atoms with Gasteiger partial charge in [-0.05, 0) is 42.7 Å². The van der Waals surface area contributed by atoms with Crippen molar-refractivity contribution in [2.45, 2.75) is 32.2 Å². The third-order valence-electron chi connectivity index (χ3n) is 4.16. The smallest absolute Gasteiger partial charge is 0.330 e. The zero-order chi connectivity index (χ0) is 18.4. The minimum absolute atomic E-state index is 0.352. The molecule has 0 spiro atoms. The van der Waals surface area contributed by atoms with Gasteiger partial charge in [-0.15, -0.1) is 0 Å². The summed E-state index contributed by atoms with van der Waals surface area (Å²) in [6.07, 6.45) is 1.34. The molecule has 0 bridgehead atoms. The average Bonchev–Trinajstić information content (AvgIpc) is 3.04. The summed E-state index contributed by atoms with van der Waals surface area (Å²) in [5, 5.41) is 12.2. The van der Waals surface area contributed by atoms with Gasteiger partial charge in [0.2, 0.25) is 0 Å². The number of carbonyl (C=O) groups is 2. The zero-order valence-corrected chi connectivity index (χ0v) is 15.6. The lowest BCUT2D eigenvalue weighted by molar-refractivity contribution is -0.143. The van der Waals surface area contributed by atoms with Crippen LogP contribution in [0.1, 0.15) is 37.0 Å². The highest BCUT2D eigenvalue weighted by Gasteiger charge is 2.43. The molecule has 1 aromatic rings. The first-order valence-electron chi connectivity index (χ1n) is 8.32. The van der Waals surface area contributed by atoms with Crippen LogP contribution in [-0.4, -0.2) is 47.7 Å². The van der Waals surface area contributed by atoms with Gasteiger partial charge < -0.3 is 19.9 Å². The molecule has 0 aliphatic carbocycles. The normalized spacial score (nSPS) is 19.7. The van der Waals surface area contributed by atoms with Gasteiger partial charge in [0.15, 0.2) is 11.5 Å². The number of amides is 1. The van der Waals surface area contributed by atoms with E-state index in [2.05, 4.69) is 19.2 Å². The van der Waals surface area contributed by atoms with E-state index in [9.17, 15) is 14.7 Å². The molecule has 2 N–H and O–H groups in total. The number of hydrogen-bond donors (Lipinski definition) is 2. The highest BCUT2D eigenvalue weighted by Crippen LogP contribution is 2.31. The second-order valence-corrected chi connectivity index (χ2v) is 7.65. The van der Waals surface area contributed by atoms with Crippen LogP contribution >= 0.6 is 11.8 Å². The van der Waals surface area contributed by atoms with Crippen LogP contribution in [0.5, 0.6) is 11.5 Å². The van der Waals surface area contributed by atoms with Gasteiger partial charge in [-0.1, -0.05) is 13.8 Å². The Morgan fingerprint density at radius 1 is 1.36 bits per heavy atom. The van der Waals surface area contributed by atoms with Crippen LogP contribution in [-0.2, 0) is 4.79 Å². The number of hydrogen-bond acceptors (Lipinski definition) is 5. The standard InChI is InChI=1S/C18H25NO5S/c1-12(2)6-8-24-14-5-4-13(10-15(14)23-3)16(20)19-18(17(21)22)7-9-25-11-18/h4-5,10,12H,6-9,11H2,1-3H3,(H,19,20)(H,21,22). The summed E-state index contributed by atoms with van der Waals surface area (Å²) < 4.78 is 11.0. The number of ether oxygens (including phenoxy) is 2.